The summed E-state index contributed by atoms with van der Waals surface area (Å²) >= 11 is 11.8. The molecule has 128 valence electrons. The molecule has 4 nitrogen and oxygen atoms in total. The lowest BCUT2D eigenvalue weighted by Crippen LogP contribution is -2.08. The smallest absolute Gasteiger partial charge is 0.338 e. The summed E-state index contributed by atoms with van der Waals surface area (Å²) in [4.78, 5) is 24.0. The van der Waals surface area contributed by atoms with E-state index < -0.39 is 11.6 Å². The van der Waals surface area contributed by atoms with Gasteiger partial charge in [0.05, 0.1) is 15.6 Å². The lowest BCUT2D eigenvalue weighted by Gasteiger charge is -2.10. The zero-order valence-corrected chi connectivity index (χ0v) is 15.1. The Bertz CT molecular complexity index is 1040. The van der Waals surface area contributed by atoms with Gasteiger partial charge in [-0.1, -0.05) is 35.3 Å². The van der Waals surface area contributed by atoms with Gasteiger partial charge in [0, 0.05) is 17.0 Å². The lowest BCUT2D eigenvalue weighted by atomic mass is 10.0. The second kappa shape index (κ2) is 6.90. The zero-order valence-electron chi connectivity index (χ0n) is 13.6. The van der Waals surface area contributed by atoms with Crippen molar-refractivity contribution < 1.29 is 13.9 Å². The van der Waals surface area contributed by atoms with E-state index in [-0.39, 0.29) is 17.2 Å². The van der Waals surface area contributed by atoms with Gasteiger partial charge in [-0.05, 0) is 43.2 Å². The van der Waals surface area contributed by atoms with Crippen LogP contribution in [0.5, 0.6) is 0 Å². The minimum absolute atomic E-state index is 0.0519. The van der Waals surface area contributed by atoms with Crippen LogP contribution in [0.1, 0.15) is 27.0 Å². The van der Waals surface area contributed by atoms with Gasteiger partial charge < -0.3 is 9.15 Å². The van der Waals surface area contributed by atoms with Crippen LogP contribution in [0.4, 0.5) is 0 Å². The van der Waals surface area contributed by atoms with Crippen molar-refractivity contribution in [2.75, 3.05) is 0 Å². The maximum Gasteiger partial charge on any atom is 0.338 e. The van der Waals surface area contributed by atoms with Gasteiger partial charge in [-0.2, -0.15) is 0 Å². The largest absolute Gasteiger partial charge is 0.457 e. The minimum atomic E-state index is -0.552. The van der Waals surface area contributed by atoms with E-state index >= 15 is 0 Å². The van der Waals surface area contributed by atoms with Gasteiger partial charge in [-0.15, -0.1) is 0 Å². The molecular weight excluding hydrogens is 363 g/mol. The average Bonchev–Trinajstić information content (AvgIpc) is 2.58. The number of aryl methyl sites for hydroxylation is 2. The van der Waals surface area contributed by atoms with Crippen LogP contribution in [0.25, 0.3) is 11.0 Å². The summed E-state index contributed by atoms with van der Waals surface area (Å²) in [6.45, 7) is 3.77. The van der Waals surface area contributed by atoms with Crippen LogP contribution in [0.3, 0.4) is 0 Å². The van der Waals surface area contributed by atoms with Crippen LogP contribution in [0.2, 0.25) is 10.0 Å². The second-order valence-corrected chi connectivity index (χ2v) is 6.49. The summed E-state index contributed by atoms with van der Waals surface area (Å²) in [7, 11) is 0. The Kier molecular flexibility index (Phi) is 4.84. The third kappa shape index (κ3) is 3.55. The van der Waals surface area contributed by atoms with Crippen LogP contribution in [0.15, 0.2) is 45.6 Å². The number of carbonyl (C=O) groups is 1. The van der Waals surface area contributed by atoms with Crippen molar-refractivity contribution >= 4 is 40.1 Å². The molecule has 6 heteroatoms. The van der Waals surface area contributed by atoms with Crippen molar-refractivity contribution in [1.29, 1.82) is 0 Å². The molecule has 0 aliphatic rings. The van der Waals surface area contributed by atoms with Gasteiger partial charge >= 0.3 is 11.6 Å². The van der Waals surface area contributed by atoms with Crippen molar-refractivity contribution in [3.63, 3.8) is 0 Å². The Morgan fingerprint density at radius 3 is 2.56 bits per heavy atom. The van der Waals surface area contributed by atoms with Gasteiger partial charge in [0.2, 0.25) is 0 Å². The van der Waals surface area contributed by atoms with E-state index in [2.05, 4.69) is 0 Å². The topological polar surface area (TPSA) is 56.5 Å². The van der Waals surface area contributed by atoms with Gasteiger partial charge in [-0.3, -0.25) is 0 Å². The molecule has 0 radical (unpaired) electrons. The molecule has 0 fully saturated rings. The molecule has 0 N–H and O–H groups in total. The average molecular weight is 377 g/mol. The molecule has 0 aliphatic heterocycles. The molecule has 0 aliphatic carbocycles. The van der Waals surface area contributed by atoms with E-state index in [9.17, 15) is 9.59 Å². The third-order valence-corrected chi connectivity index (χ3v) is 4.77. The van der Waals surface area contributed by atoms with Crippen LogP contribution in [-0.4, -0.2) is 5.97 Å². The first kappa shape index (κ1) is 17.5. The maximum atomic E-state index is 12.2. The maximum absolute atomic E-state index is 12.2. The molecule has 0 unspecified atom stereocenters. The highest BCUT2D eigenvalue weighted by Gasteiger charge is 2.13. The first-order valence-corrected chi connectivity index (χ1v) is 8.27. The summed E-state index contributed by atoms with van der Waals surface area (Å²) in [6, 6.07) is 9.61. The van der Waals surface area contributed by atoms with Gasteiger partial charge in [0.1, 0.15) is 12.2 Å². The number of halogens is 2. The molecule has 3 aromatic rings. The van der Waals surface area contributed by atoms with E-state index in [4.69, 9.17) is 32.4 Å². The second-order valence-electron chi connectivity index (χ2n) is 5.68. The fourth-order valence-corrected chi connectivity index (χ4v) is 2.79. The Balaban J connectivity index is 1.90. The molecule has 0 saturated heterocycles. The molecule has 1 heterocycles. The number of esters is 1. The molecule has 0 amide bonds. The van der Waals surface area contributed by atoms with Gasteiger partial charge in [0.25, 0.3) is 0 Å². The molecule has 0 saturated carbocycles. The standard InChI is InChI=1S/C19H14Cl2O4/c1-10-3-5-14-13(8-17(22)25-18(14)11(10)2)9-24-19(23)12-4-6-15(20)16(21)7-12/h3-8H,9H2,1-2H3. The van der Waals surface area contributed by atoms with Crippen molar-refractivity contribution in [2.24, 2.45) is 0 Å². The predicted octanol–water partition coefficient (Wildman–Crippen LogP) is 5.07. The molecule has 2 aromatic carbocycles. The van der Waals surface area contributed by atoms with Crippen molar-refractivity contribution in [2.45, 2.75) is 20.5 Å². The number of hydrogen-bond donors (Lipinski definition) is 0. The van der Waals surface area contributed by atoms with E-state index in [1.54, 1.807) is 0 Å². The summed E-state index contributed by atoms with van der Waals surface area (Å²) in [5.74, 6) is -0.552. The SMILES string of the molecule is Cc1ccc2c(COC(=O)c3ccc(Cl)c(Cl)c3)cc(=O)oc2c1C. The van der Waals surface area contributed by atoms with Crippen molar-refractivity contribution in [3.8, 4) is 0 Å². The quantitative estimate of drug-likeness (QED) is 0.472. The van der Waals surface area contributed by atoms with Gasteiger partial charge in [-0.25, -0.2) is 9.59 Å². The molecule has 0 atom stereocenters. The monoisotopic (exact) mass is 376 g/mol. The third-order valence-electron chi connectivity index (χ3n) is 4.03. The highest BCUT2D eigenvalue weighted by Crippen LogP contribution is 2.25. The molecule has 0 bridgehead atoms. The Morgan fingerprint density at radius 2 is 1.84 bits per heavy atom. The normalized spacial score (nSPS) is 10.9. The number of ether oxygens (including phenoxy) is 1. The Hall–Kier alpha value is -2.30. The Morgan fingerprint density at radius 1 is 1.08 bits per heavy atom. The number of fused-ring (bicyclic) bond motifs is 1. The fourth-order valence-electron chi connectivity index (χ4n) is 2.49. The predicted molar refractivity (Wildman–Crippen MR) is 97.5 cm³/mol. The molecule has 25 heavy (non-hydrogen) atoms. The van der Waals surface area contributed by atoms with E-state index in [0.717, 1.165) is 16.5 Å². The number of benzene rings is 2. The summed E-state index contributed by atoms with van der Waals surface area (Å²) < 4.78 is 10.6. The Labute approximate surface area is 153 Å². The van der Waals surface area contributed by atoms with Crippen LogP contribution >= 0.6 is 23.2 Å². The minimum Gasteiger partial charge on any atom is -0.457 e. The highest BCUT2D eigenvalue weighted by atomic mass is 35.5. The first-order valence-electron chi connectivity index (χ1n) is 7.52. The molecule has 1 aromatic heterocycles. The van der Waals surface area contributed by atoms with E-state index in [1.807, 2.05) is 26.0 Å². The van der Waals surface area contributed by atoms with Crippen LogP contribution in [0, 0.1) is 13.8 Å². The lowest BCUT2D eigenvalue weighted by molar-refractivity contribution is 0.0474. The number of hydrogen-bond acceptors (Lipinski definition) is 4. The van der Waals surface area contributed by atoms with E-state index in [0.29, 0.717) is 16.2 Å². The fraction of sp³-hybridized carbons (Fsp3) is 0.158. The number of carbonyl (C=O) groups excluding carboxylic acids is 1. The molecule has 0 spiro atoms. The van der Waals surface area contributed by atoms with Crippen LogP contribution in [-0.2, 0) is 11.3 Å². The van der Waals surface area contributed by atoms with Crippen molar-refractivity contribution in [1.82, 2.24) is 0 Å². The van der Waals surface area contributed by atoms with Crippen LogP contribution < -0.4 is 5.63 Å². The molecule has 3 rings (SSSR count). The van der Waals surface area contributed by atoms with E-state index in [1.165, 1.54) is 24.3 Å². The number of rotatable bonds is 3. The summed E-state index contributed by atoms with van der Waals surface area (Å²) in [5, 5.41) is 1.37. The zero-order chi connectivity index (χ0) is 18.1. The summed E-state index contributed by atoms with van der Waals surface area (Å²) in [5.41, 5.74) is 2.79. The highest BCUT2D eigenvalue weighted by molar-refractivity contribution is 6.42. The van der Waals surface area contributed by atoms with Crippen molar-refractivity contribution in [3.05, 3.63) is 79.1 Å². The molecular formula is C19H14Cl2O4. The first-order chi connectivity index (χ1) is 11.9. The summed E-state index contributed by atoms with van der Waals surface area (Å²) in [6.07, 6.45) is 0. The van der Waals surface area contributed by atoms with Gasteiger partial charge in [0.15, 0.2) is 0 Å².